The summed E-state index contributed by atoms with van der Waals surface area (Å²) in [6.45, 7) is 0. The molecular formula is H24Li3O16P. The Kier molecular flexibility index (Phi) is 2120. The zero-order valence-corrected chi connectivity index (χ0v) is 12.0. The van der Waals surface area contributed by atoms with Crippen LogP contribution in [-0.4, -0.2) is 65.7 Å². The van der Waals surface area contributed by atoms with E-state index >= 15 is 0 Å². The van der Waals surface area contributed by atoms with Crippen molar-refractivity contribution >= 4 is 7.82 Å². The first-order valence-electron chi connectivity index (χ1n) is 0.730. The molecule has 0 bridgehead atoms. The van der Waals surface area contributed by atoms with E-state index in [2.05, 4.69) is 0 Å². The van der Waals surface area contributed by atoms with E-state index in [4.69, 9.17) is 19.2 Å². The number of phosphoric acid groups is 1. The van der Waals surface area contributed by atoms with Crippen LogP contribution in [0.4, 0.5) is 0 Å². The normalized spacial score (nSPS) is 2.95. The van der Waals surface area contributed by atoms with E-state index in [1.54, 1.807) is 0 Å². The maximum atomic E-state index is 8.55. The van der Waals surface area contributed by atoms with Crippen LogP contribution < -0.4 is 71.3 Å². The SMILES string of the molecule is O.O.O.O.O.O.O.O.O.O.O.O.O=P([O-])([O-])[O-].[Li+].[Li+].[Li+]. The van der Waals surface area contributed by atoms with E-state index < -0.39 is 7.82 Å². The van der Waals surface area contributed by atoms with Gasteiger partial charge in [0, 0.05) is 0 Å². The molecule has 0 rings (SSSR count). The minimum Gasteiger partial charge on any atom is -0.822 e. The topological polar surface area (TPSA) is 464 Å². The number of hydrogen-bond acceptors (Lipinski definition) is 4. The summed E-state index contributed by atoms with van der Waals surface area (Å²) in [4.78, 5) is 25.6. The van der Waals surface area contributed by atoms with Gasteiger partial charge in [-0.25, -0.2) is 0 Å². The van der Waals surface area contributed by atoms with Crippen LogP contribution in [0.3, 0.4) is 0 Å². The summed E-state index contributed by atoms with van der Waals surface area (Å²) in [6.07, 6.45) is 0. The molecule has 0 atom stereocenters. The number of hydrogen-bond donors (Lipinski definition) is 0. The molecular weight excluding hydrogens is 308 g/mol. The van der Waals surface area contributed by atoms with Crippen LogP contribution in [0.5, 0.6) is 0 Å². The fourth-order valence-electron chi connectivity index (χ4n) is 0. The van der Waals surface area contributed by atoms with Crippen molar-refractivity contribution in [3.63, 3.8) is 0 Å². The van der Waals surface area contributed by atoms with Crippen molar-refractivity contribution in [2.45, 2.75) is 0 Å². The Morgan fingerprint density at radius 2 is 0.400 bits per heavy atom. The maximum absolute atomic E-state index is 8.55. The molecule has 0 aromatic rings. The molecule has 0 fully saturated rings. The van der Waals surface area contributed by atoms with Crippen LogP contribution >= 0.6 is 7.82 Å². The standard InChI is InChI=1S/3Li.H3O4P.12H2O/c;;;1-5(2,3)4;;;;;;;;;;;;/h;;;(H3,1,2,3,4);12*1H2/q3*+1;;;;;;;;;;;;;/p-3. The second kappa shape index (κ2) is 140. The molecule has 24 N–H and O–H groups in total. The third-order valence-corrected chi connectivity index (χ3v) is 0. The van der Waals surface area contributed by atoms with Crippen LogP contribution in [0.2, 0.25) is 0 Å². The Labute approximate surface area is 149 Å². The van der Waals surface area contributed by atoms with Crippen molar-refractivity contribution in [2.75, 3.05) is 0 Å². The van der Waals surface area contributed by atoms with Gasteiger partial charge < -0.3 is 85.0 Å². The first-order valence-corrected chi connectivity index (χ1v) is 2.19. The van der Waals surface area contributed by atoms with Gasteiger partial charge in [0.1, 0.15) is 0 Å². The van der Waals surface area contributed by atoms with E-state index in [0.29, 0.717) is 0 Å². The molecule has 0 aromatic carbocycles. The average molecular weight is 332 g/mol. The summed E-state index contributed by atoms with van der Waals surface area (Å²) in [6, 6.07) is 0. The Morgan fingerprint density at radius 3 is 0.400 bits per heavy atom. The first kappa shape index (κ1) is 304. The Hall–Kier alpha value is 1.42. The minimum atomic E-state index is -5.39. The van der Waals surface area contributed by atoms with Gasteiger partial charge in [0.25, 0.3) is 0 Å². The molecule has 0 saturated heterocycles. The van der Waals surface area contributed by atoms with Crippen molar-refractivity contribution in [1.82, 2.24) is 0 Å². The van der Waals surface area contributed by atoms with Crippen LogP contribution in [0.25, 0.3) is 0 Å². The van der Waals surface area contributed by atoms with Gasteiger partial charge in [-0.15, -0.1) is 0 Å². The average Bonchev–Trinajstić information content (AvgIpc) is 0.722. The van der Waals surface area contributed by atoms with E-state index in [-0.39, 0.29) is 122 Å². The van der Waals surface area contributed by atoms with Crippen LogP contribution in [0.15, 0.2) is 0 Å². The van der Waals surface area contributed by atoms with Crippen molar-refractivity contribution in [1.29, 1.82) is 0 Å². The molecule has 20 heavy (non-hydrogen) atoms. The summed E-state index contributed by atoms with van der Waals surface area (Å²) < 4.78 is 8.55. The molecule has 0 aromatic heterocycles. The van der Waals surface area contributed by atoms with Crippen LogP contribution in [-0.2, 0) is 4.57 Å². The Bertz CT molecular complexity index is 63.9. The largest absolute Gasteiger partial charge is 1.00 e. The van der Waals surface area contributed by atoms with Crippen LogP contribution in [0, 0.1) is 0 Å². The molecule has 0 saturated carbocycles. The second-order valence-electron chi connectivity index (χ2n) is 0.447. The van der Waals surface area contributed by atoms with Crippen LogP contribution in [0.1, 0.15) is 0 Å². The fourth-order valence-corrected chi connectivity index (χ4v) is 0. The van der Waals surface area contributed by atoms with E-state index in [9.17, 15) is 0 Å². The van der Waals surface area contributed by atoms with Gasteiger partial charge in [0.2, 0.25) is 0 Å². The van der Waals surface area contributed by atoms with Gasteiger partial charge in [0.15, 0.2) is 0 Å². The number of rotatable bonds is 0. The van der Waals surface area contributed by atoms with Crippen molar-refractivity contribution < 1.29 is 142 Å². The van der Waals surface area contributed by atoms with Crippen molar-refractivity contribution in [3.05, 3.63) is 0 Å². The molecule has 20 heteroatoms. The predicted octanol–water partition coefficient (Wildman–Crippen LogP) is -21.7. The van der Waals surface area contributed by atoms with E-state index in [1.807, 2.05) is 0 Å². The molecule has 0 aliphatic rings. The molecule has 128 valence electrons. The van der Waals surface area contributed by atoms with Crippen molar-refractivity contribution in [2.24, 2.45) is 0 Å². The summed E-state index contributed by atoms with van der Waals surface area (Å²) in [5.74, 6) is 0. The summed E-state index contributed by atoms with van der Waals surface area (Å²) in [5.41, 5.74) is 0. The summed E-state index contributed by atoms with van der Waals surface area (Å²) >= 11 is 0. The predicted molar refractivity (Wildman–Crippen MR) is 51.0 cm³/mol. The van der Waals surface area contributed by atoms with Gasteiger partial charge in [-0.1, -0.05) is 0 Å². The molecule has 0 aliphatic heterocycles. The third-order valence-electron chi connectivity index (χ3n) is 0. The fraction of sp³-hybridized carbons (Fsp3) is 0. The van der Waals surface area contributed by atoms with Gasteiger partial charge >= 0.3 is 56.6 Å². The maximum Gasteiger partial charge on any atom is 1.00 e. The monoisotopic (exact) mass is 332 g/mol. The quantitative estimate of drug-likeness (QED) is 0.307. The van der Waals surface area contributed by atoms with Gasteiger partial charge in [-0.3, -0.25) is 0 Å². The molecule has 0 unspecified atom stereocenters. The van der Waals surface area contributed by atoms with Gasteiger partial charge in [0.05, 0.1) is 0 Å². The van der Waals surface area contributed by atoms with E-state index in [1.165, 1.54) is 0 Å². The smallest absolute Gasteiger partial charge is 0.822 e. The first-order chi connectivity index (χ1) is 2.00. The molecule has 0 aliphatic carbocycles. The summed E-state index contributed by atoms with van der Waals surface area (Å²) in [7, 11) is -5.39. The molecule has 16 nitrogen and oxygen atoms in total. The van der Waals surface area contributed by atoms with Gasteiger partial charge in [-0.2, -0.15) is 7.82 Å². The molecule has 0 spiro atoms. The second-order valence-corrected chi connectivity index (χ2v) is 1.34. The zero-order valence-electron chi connectivity index (χ0n) is 11.1. The summed E-state index contributed by atoms with van der Waals surface area (Å²) in [5, 5.41) is 0. The van der Waals surface area contributed by atoms with Gasteiger partial charge in [-0.05, 0) is 0 Å². The minimum absolute atomic E-state index is 0. The van der Waals surface area contributed by atoms with Crippen molar-refractivity contribution in [3.8, 4) is 0 Å². The third kappa shape index (κ3) is 3260. The molecule has 0 radical (unpaired) electrons. The zero-order chi connectivity index (χ0) is 4.50. The Morgan fingerprint density at radius 1 is 0.400 bits per heavy atom. The molecule has 0 amide bonds. The molecule has 0 heterocycles. The Balaban J connectivity index is -0.000000000762. The van der Waals surface area contributed by atoms with E-state index in [0.717, 1.165) is 0 Å².